The van der Waals surface area contributed by atoms with E-state index in [1.807, 2.05) is 0 Å². The van der Waals surface area contributed by atoms with Crippen LogP contribution in [-0.2, 0) is 17.7 Å². The smallest absolute Gasteiger partial charge is 0.341 e. The van der Waals surface area contributed by atoms with Crippen LogP contribution in [-0.4, -0.2) is 31.6 Å². The Kier molecular flexibility index (Phi) is 5.86. The Morgan fingerprint density at radius 2 is 1.93 bits per heavy atom. The number of ether oxygens (including phenoxy) is 1. The molecule has 0 bridgehead atoms. The number of fused-ring (bicyclic) bond motifs is 1. The summed E-state index contributed by atoms with van der Waals surface area (Å²) < 4.78 is 33.0. The predicted molar refractivity (Wildman–Crippen MR) is 98.4 cm³/mol. The van der Waals surface area contributed by atoms with Crippen LogP contribution in [0.5, 0.6) is 0 Å². The minimum atomic E-state index is -0.951. The third-order valence-electron chi connectivity index (χ3n) is 4.63. The zero-order chi connectivity index (χ0) is 19.6. The molecule has 1 aromatic heterocycles. The van der Waals surface area contributed by atoms with Gasteiger partial charge in [-0.25, -0.2) is 13.6 Å². The maximum absolute atomic E-state index is 13.9. The van der Waals surface area contributed by atoms with Gasteiger partial charge in [0, 0.05) is 6.42 Å². The van der Waals surface area contributed by atoms with Crippen molar-refractivity contribution < 1.29 is 28.0 Å². The number of halogens is 2. The van der Waals surface area contributed by atoms with Gasteiger partial charge in [-0.05, 0) is 31.5 Å². The Hall–Kier alpha value is -2.32. The monoisotopic (exact) mass is 395 g/mol. The molecule has 3 rings (SSSR count). The number of hydrogen-bond acceptors (Lipinski definition) is 4. The molecule has 0 spiro atoms. The van der Waals surface area contributed by atoms with Gasteiger partial charge in [0.2, 0.25) is 0 Å². The third kappa shape index (κ3) is 3.86. The van der Waals surface area contributed by atoms with Crippen molar-refractivity contribution in [1.82, 2.24) is 0 Å². The average molecular weight is 395 g/mol. The maximum atomic E-state index is 13.9. The van der Waals surface area contributed by atoms with Gasteiger partial charge in [-0.2, -0.15) is 0 Å². The molecule has 5 nitrogen and oxygen atoms in total. The molecule has 2 aromatic rings. The fraction of sp³-hybridized carbons (Fsp3) is 0.368. The van der Waals surface area contributed by atoms with Crippen molar-refractivity contribution >= 4 is 28.2 Å². The fourth-order valence-electron chi connectivity index (χ4n) is 3.23. The number of thiophene rings is 1. The Bertz CT molecular complexity index is 862. The number of hydrogen-bond donors (Lipinski definition) is 2. The quantitative estimate of drug-likeness (QED) is 0.765. The highest BCUT2D eigenvalue weighted by atomic mass is 32.1. The van der Waals surface area contributed by atoms with Crippen molar-refractivity contribution in [3.05, 3.63) is 51.4 Å². The summed E-state index contributed by atoms with van der Waals surface area (Å²) in [6.07, 6.45) is 0.688. The molecule has 0 fully saturated rings. The lowest BCUT2D eigenvalue weighted by molar-refractivity contribution is -0.913. The molecule has 0 saturated carbocycles. The third-order valence-corrected chi connectivity index (χ3v) is 5.77. The molecule has 144 valence electrons. The first kappa shape index (κ1) is 19.4. The second-order valence-corrected chi connectivity index (χ2v) is 7.36. The second-order valence-electron chi connectivity index (χ2n) is 6.26. The predicted octanol–water partition coefficient (Wildman–Crippen LogP) is 2.42. The summed E-state index contributed by atoms with van der Waals surface area (Å²) in [5, 5.41) is 2.81. The Balaban J connectivity index is 1.98. The Labute approximate surface area is 159 Å². The zero-order valence-electron chi connectivity index (χ0n) is 15.2. The van der Waals surface area contributed by atoms with Crippen molar-refractivity contribution in [3.63, 3.8) is 0 Å². The van der Waals surface area contributed by atoms with Crippen molar-refractivity contribution in [2.24, 2.45) is 0 Å². The molecule has 0 aliphatic carbocycles. The van der Waals surface area contributed by atoms with E-state index in [0.29, 0.717) is 12.0 Å². The van der Waals surface area contributed by atoms with E-state index in [-0.39, 0.29) is 11.6 Å². The van der Waals surface area contributed by atoms with Crippen LogP contribution in [0, 0.1) is 11.6 Å². The van der Waals surface area contributed by atoms with Gasteiger partial charge >= 0.3 is 5.97 Å². The van der Waals surface area contributed by atoms with Gasteiger partial charge in [-0.1, -0.05) is 6.07 Å². The number of esters is 1. The highest BCUT2D eigenvalue weighted by Gasteiger charge is 2.31. The lowest BCUT2D eigenvalue weighted by Gasteiger charge is -2.22. The second kappa shape index (κ2) is 8.14. The van der Waals surface area contributed by atoms with E-state index in [1.54, 1.807) is 6.92 Å². The summed E-state index contributed by atoms with van der Waals surface area (Å²) >= 11 is 1.27. The highest BCUT2D eigenvalue weighted by molar-refractivity contribution is 7.17. The molecule has 1 unspecified atom stereocenters. The molecular weight excluding hydrogens is 374 g/mol. The van der Waals surface area contributed by atoms with Crippen molar-refractivity contribution in [2.75, 3.05) is 25.0 Å². The van der Waals surface area contributed by atoms with Gasteiger partial charge in [0.1, 0.15) is 28.7 Å². The van der Waals surface area contributed by atoms with Crippen LogP contribution in [0.3, 0.4) is 0 Å². The molecule has 1 aliphatic rings. The topological polar surface area (TPSA) is 59.8 Å². The molecule has 0 radical (unpaired) electrons. The fourth-order valence-corrected chi connectivity index (χ4v) is 4.53. The van der Waals surface area contributed by atoms with E-state index >= 15 is 0 Å². The number of amides is 1. The normalized spacial score (nSPS) is 15.9. The molecule has 2 N–H and O–H groups in total. The van der Waals surface area contributed by atoms with Gasteiger partial charge in [0.15, 0.2) is 0 Å². The zero-order valence-corrected chi connectivity index (χ0v) is 16.0. The van der Waals surface area contributed by atoms with E-state index < -0.39 is 29.1 Å². The SMILES string of the molecule is CCOC(=O)c1c(NC(=O)c2c(F)cccc2F)sc2c1CC[NH+](CC)C2. The summed E-state index contributed by atoms with van der Waals surface area (Å²) in [7, 11) is 0. The van der Waals surface area contributed by atoms with Crippen LogP contribution < -0.4 is 10.2 Å². The number of quaternary nitrogens is 1. The molecule has 1 aromatic carbocycles. The van der Waals surface area contributed by atoms with Crippen molar-refractivity contribution in [3.8, 4) is 0 Å². The molecule has 2 heterocycles. The number of benzene rings is 1. The lowest BCUT2D eigenvalue weighted by Crippen LogP contribution is -3.11. The molecule has 0 saturated heterocycles. The molecule has 1 atom stereocenters. The van der Waals surface area contributed by atoms with Crippen LogP contribution in [0.4, 0.5) is 13.8 Å². The summed E-state index contributed by atoms with van der Waals surface area (Å²) in [4.78, 5) is 27.3. The van der Waals surface area contributed by atoms with E-state index in [2.05, 4.69) is 12.2 Å². The van der Waals surface area contributed by atoms with Gasteiger partial charge in [-0.15, -0.1) is 11.3 Å². The number of anilines is 1. The minimum absolute atomic E-state index is 0.200. The van der Waals surface area contributed by atoms with E-state index in [0.717, 1.165) is 42.2 Å². The lowest BCUT2D eigenvalue weighted by atomic mass is 10.0. The Morgan fingerprint density at radius 1 is 1.22 bits per heavy atom. The highest BCUT2D eigenvalue weighted by Crippen LogP contribution is 2.35. The number of nitrogens with one attached hydrogen (secondary N) is 2. The Morgan fingerprint density at radius 3 is 2.56 bits per heavy atom. The van der Waals surface area contributed by atoms with E-state index in [1.165, 1.54) is 22.3 Å². The molecular formula is C19H21F2N2O3S+. The summed E-state index contributed by atoms with van der Waals surface area (Å²) in [6.45, 7) is 6.56. The summed E-state index contributed by atoms with van der Waals surface area (Å²) in [5.74, 6) is -3.35. The van der Waals surface area contributed by atoms with Gasteiger partial charge in [0.25, 0.3) is 5.91 Å². The largest absolute Gasteiger partial charge is 0.462 e. The molecule has 27 heavy (non-hydrogen) atoms. The minimum Gasteiger partial charge on any atom is -0.462 e. The number of likely N-dealkylation sites (N-methyl/N-ethyl adjacent to an activating group) is 1. The average Bonchev–Trinajstić information content (AvgIpc) is 2.98. The van der Waals surface area contributed by atoms with Crippen molar-refractivity contribution in [2.45, 2.75) is 26.8 Å². The first-order valence-corrected chi connectivity index (χ1v) is 9.68. The maximum Gasteiger partial charge on any atom is 0.341 e. The van der Waals surface area contributed by atoms with Gasteiger partial charge < -0.3 is 15.0 Å². The standard InChI is InChI=1S/C19H20F2N2O3S/c1-3-23-9-8-11-14(10-23)27-18(15(11)19(25)26-4-2)22-17(24)16-12(20)6-5-7-13(16)21/h5-7H,3-4,8-10H2,1-2H3,(H,22,24)/p+1. The number of carbonyl (C=O) groups is 2. The van der Waals surface area contributed by atoms with E-state index in [4.69, 9.17) is 4.74 Å². The van der Waals surface area contributed by atoms with Gasteiger partial charge in [-0.3, -0.25) is 4.79 Å². The van der Waals surface area contributed by atoms with E-state index in [9.17, 15) is 18.4 Å². The van der Waals surface area contributed by atoms with Crippen LogP contribution in [0.15, 0.2) is 18.2 Å². The van der Waals surface area contributed by atoms with Crippen molar-refractivity contribution in [1.29, 1.82) is 0 Å². The first-order valence-electron chi connectivity index (χ1n) is 8.86. The first-order chi connectivity index (χ1) is 13.0. The number of carbonyl (C=O) groups excluding carboxylic acids is 2. The van der Waals surface area contributed by atoms with Crippen LogP contribution in [0.1, 0.15) is 45.0 Å². The molecule has 8 heteroatoms. The van der Waals surface area contributed by atoms with Crippen LogP contribution in [0.25, 0.3) is 0 Å². The molecule has 1 amide bonds. The summed E-state index contributed by atoms with van der Waals surface area (Å²) in [5.41, 5.74) is 0.497. The van der Waals surface area contributed by atoms with Gasteiger partial charge in [0.05, 0.1) is 30.1 Å². The van der Waals surface area contributed by atoms with Crippen LogP contribution >= 0.6 is 11.3 Å². The molecule has 1 aliphatic heterocycles. The number of rotatable bonds is 5. The van der Waals surface area contributed by atoms with Crippen LogP contribution in [0.2, 0.25) is 0 Å². The summed E-state index contributed by atoms with van der Waals surface area (Å²) in [6, 6.07) is 3.23.